The van der Waals surface area contributed by atoms with Crippen LogP contribution in [0, 0.1) is 6.92 Å². The lowest BCUT2D eigenvalue weighted by Crippen LogP contribution is -2.22. The summed E-state index contributed by atoms with van der Waals surface area (Å²) in [6, 6.07) is 17.3. The molecule has 0 aliphatic carbocycles. The molecular weight excluding hydrogens is 218 g/mol. The first-order valence-corrected chi connectivity index (χ1v) is 6.67. The average molecular weight is 239 g/mol. The molecular formula is C17H21N. The molecule has 0 saturated heterocycles. The fourth-order valence-corrected chi connectivity index (χ4v) is 2.34. The van der Waals surface area contributed by atoms with E-state index in [2.05, 4.69) is 74.2 Å². The third-order valence-electron chi connectivity index (χ3n) is 3.34. The van der Waals surface area contributed by atoms with Crippen molar-refractivity contribution in [2.45, 2.75) is 20.8 Å². The minimum Gasteiger partial charge on any atom is -0.372 e. The van der Waals surface area contributed by atoms with E-state index in [0.29, 0.717) is 0 Å². The molecule has 0 atom stereocenters. The van der Waals surface area contributed by atoms with E-state index in [4.69, 9.17) is 0 Å². The van der Waals surface area contributed by atoms with Crippen molar-refractivity contribution in [3.63, 3.8) is 0 Å². The third-order valence-corrected chi connectivity index (χ3v) is 3.34. The summed E-state index contributed by atoms with van der Waals surface area (Å²) in [4.78, 5) is 2.40. The molecule has 0 spiro atoms. The van der Waals surface area contributed by atoms with Crippen LogP contribution in [0.3, 0.4) is 0 Å². The zero-order valence-corrected chi connectivity index (χ0v) is 11.5. The Bertz CT molecular complexity index is 498. The first-order valence-electron chi connectivity index (χ1n) is 6.67. The van der Waals surface area contributed by atoms with E-state index in [9.17, 15) is 0 Å². The molecule has 0 aromatic heterocycles. The fraction of sp³-hybridized carbons (Fsp3) is 0.294. The Morgan fingerprint density at radius 2 is 1.56 bits per heavy atom. The number of hydrogen-bond donors (Lipinski definition) is 0. The Hall–Kier alpha value is -1.76. The van der Waals surface area contributed by atoms with Crippen LogP contribution in [-0.2, 0) is 0 Å². The molecule has 0 heterocycles. The predicted octanol–water partition coefficient (Wildman–Crippen LogP) is 4.51. The summed E-state index contributed by atoms with van der Waals surface area (Å²) in [5.74, 6) is 0. The average Bonchev–Trinajstić information content (AvgIpc) is 2.42. The van der Waals surface area contributed by atoms with Crippen LogP contribution >= 0.6 is 0 Å². The number of rotatable bonds is 4. The normalized spacial score (nSPS) is 10.4. The highest BCUT2D eigenvalue weighted by Gasteiger charge is 2.09. The van der Waals surface area contributed by atoms with Gasteiger partial charge in [0.25, 0.3) is 0 Å². The van der Waals surface area contributed by atoms with Gasteiger partial charge in [-0.3, -0.25) is 0 Å². The van der Waals surface area contributed by atoms with Crippen LogP contribution in [0.25, 0.3) is 11.1 Å². The Morgan fingerprint density at radius 1 is 0.889 bits per heavy atom. The molecule has 1 heteroatoms. The van der Waals surface area contributed by atoms with Crippen molar-refractivity contribution < 1.29 is 0 Å². The second kappa shape index (κ2) is 5.72. The molecule has 0 aliphatic rings. The van der Waals surface area contributed by atoms with Crippen LogP contribution in [0.2, 0.25) is 0 Å². The standard InChI is InChI=1S/C17H21N/c1-4-18(5-2)17-12-11-14(3)13-16(17)15-9-7-6-8-10-15/h6-13H,4-5H2,1-3H3. The minimum atomic E-state index is 1.04. The summed E-state index contributed by atoms with van der Waals surface area (Å²) in [5, 5.41) is 0. The van der Waals surface area contributed by atoms with Crippen LogP contribution in [0.1, 0.15) is 19.4 Å². The van der Waals surface area contributed by atoms with Crippen LogP contribution in [-0.4, -0.2) is 13.1 Å². The topological polar surface area (TPSA) is 3.24 Å². The highest BCUT2D eigenvalue weighted by Crippen LogP contribution is 2.31. The number of benzene rings is 2. The van der Waals surface area contributed by atoms with E-state index in [1.165, 1.54) is 22.4 Å². The second-order valence-corrected chi connectivity index (χ2v) is 4.56. The Labute approximate surface area is 110 Å². The first-order chi connectivity index (χ1) is 8.76. The van der Waals surface area contributed by atoms with Gasteiger partial charge >= 0.3 is 0 Å². The largest absolute Gasteiger partial charge is 0.372 e. The molecule has 2 aromatic rings. The molecule has 94 valence electrons. The van der Waals surface area contributed by atoms with E-state index < -0.39 is 0 Å². The lowest BCUT2D eigenvalue weighted by molar-refractivity contribution is 0.867. The van der Waals surface area contributed by atoms with Gasteiger partial charge in [0.05, 0.1) is 0 Å². The molecule has 0 fully saturated rings. The smallest absolute Gasteiger partial charge is 0.0445 e. The van der Waals surface area contributed by atoms with Crippen molar-refractivity contribution >= 4 is 5.69 Å². The lowest BCUT2D eigenvalue weighted by Gasteiger charge is -2.24. The highest BCUT2D eigenvalue weighted by atomic mass is 15.1. The summed E-state index contributed by atoms with van der Waals surface area (Å²) in [5.41, 5.74) is 5.27. The zero-order chi connectivity index (χ0) is 13.0. The molecule has 0 bridgehead atoms. The molecule has 2 aromatic carbocycles. The van der Waals surface area contributed by atoms with Gasteiger partial charge in [0, 0.05) is 24.3 Å². The van der Waals surface area contributed by atoms with Gasteiger partial charge in [0.1, 0.15) is 0 Å². The molecule has 18 heavy (non-hydrogen) atoms. The highest BCUT2D eigenvalue weighted by molar-refractivity contribution is 5.79. The van der Waals surface area contributed by atoms with E-state index in [1.807, 2.05) is 0 Å². The van der Waals surface area contributed by atoms with Crippen LogP contribution in [0.4, 0.5) is 5.69 Å². The number of aryl methyl sites for hydroxylation is 1. The van der Waals surface area contributed by atoms with Gasteiger partial charge in [-0.2, -0.15) is 0 Å². The van der Waals surface area contributed by atoms with Gasteiger partial charge in [-0.15, -0.1) is 0 Å². The van der Waals surface area contributed by atoms with Gasteiger partial charge in [0.2, 0.25) is 0 Å². The molecule has 0 saturated carbocycles. The van der Waals surface area contributed by atoms with Gasteiger partial charge in [-0.25, -0.2) is 0 Å². The maximum atomic E-state index is 2.40. The van der Waals surface area contributed by atoms with Crippen molar-refractivity contribution in [1.29, 1.82) is 0 Å². The molecule has 0 N–H and O–H groups in total. The third kappa shape index (κ3) is 2.56. The Morgan fingerprint density at radius 3 is 2.17 bits per heavy atom. The van der Waals surface area contributed by atoms with Gasteiger partial charge < -0.3 is 4.90 Å². The van der Waals surface area contributed by atoms with E-state index in [0.717, 1.165) is 13.1 Å². The molecule has 1 nitrogen and oxygen atoms in total. The van der Waals surface area contributed by atoms with Crippen molar-refractivity contribution in [3.05, 3.63) is 54.1 Å². The van der Waals surface area contributed by atoms with Gasteiger partial charge in [-0.1, -0.05) is 42.0 Å². The Kier molecular flexibility index (Phi) is 4.03. The van der Waals surface area contributed by atoms with Crippen molar-refractivity contribution in [1.82, 2.24) is 0 Å². The molecule has 0 amide bonds. The summed E-state index contributed by atoms with van der Waals surface area (Å²) in [6.07, 6.45) is 0. The van der Waals surface area contributed by atoms with E-state index >= 15 is 0 Å². The van der Waals surface area contributed by atoms with Crippen LogP contribution < -0.4 is 4.90 Å². The van der Waals surface area contributed by atoms with Gasteiger partial charge in [-0.05, 0) is 38.5 Å². The van der Waals surface area contributed by atoms with Crippen molar-refractivity contribution in [2.75, 3.05) is 18.0 Å². The predicted molar refractivity (Wildman–Crippen MR) is 80.2 cm³/mol. The molecule has 0 radical (unpaired) electrons. The van der Waals surface area contributed by atoms with Crippen molar-refractivity contribution in [3.8, 4) is 11.1 Å². The van der Waals surface area contributed by atoms with Crippen LogP contribution in [0.5, 0.6) is 0 Å². The maximum absolute atomic E-state index is 2.40. The first kappa shape index (κ1) is 12.7. The Balaban J connectivity index is 2.54. The van der Waals surface area contributed by atoms with E-state index in [-0.39, 0.29) is 0 Å². The van der Waals surface area contributed by atoms with Gasteiger partial charge in [0.15, 0.2) is 0 Å². The quantitative estimate of drug-likeness (QED) is 0.759. The molecule has 2 rings (SSSR count). The van der Waals surface area contributed by atoms with Crippen molar-refractivity contribution in [2.24, 2.45) is 0 Å². The fourth-order valence-electron chi connectivity index (χ4n) is 2.34. The summed E-state index contributed by atoms with van der Waals surface area (Å²) in [6.45, 7) is 8.65. The second-order valence-electron chi connectivity index (χ2n) is 4.56. The zero-order valence-electron chi connectivity index (χ0n) is 11.5. The SMILES string of the molecule is CCN(CC)c1ccc(C)cc1-c1ccccc1. The minimum absolute atomic E-state index is 1.04. The molecule has 0 aliphatic heterocycles. The number of nitrogens with zero attached hydrogens (tertiary/aromatic N) is 1. The summed E-state index contributed by atoms with van der Waals surface area (Å²) >= 11 is 0. The monoisotopic (exact) mass is 239 g/mol. The summed E-state index contributed by atoms with van der Waals surface area (Å²) < 4.78 is 0. The molecule has 0 unspecified atom stereocenters. The maximum Gasteiger partial charge on any atom is 0.0445 e. The summed E-state index contributed by atoms with van der Waals surface area (Å²) in [7, 11) is 0. The lowest BCUT2D eigenvalue weighted by atomic mass is 10.0. The van der Waals surface area contributed by atoms with E-state index in [1.54, 1.807) is 0 Å². The number of anilines is 1. The van der Waals surface area contributed by atoms with Crippen LogP contribution in [0.15, 0.2) is 48.5 Å². The number of hydrogen-bond acceptors (Lipinski definition) is 1.